The molecule has 3 heteroatoms. The average molecular weight is 161 g/mol. The molecule has 68 valence electrons. The van der Waals surface area contributed by atoms with E-state index in [1.54, 1.807) is 0 Å². The van der Waals surface area contributed by atoms with Crippen molar-refractivity contribution in [1.82, 2.24) is 5.32 Å². The number of aliphatic hydroxyl groups excluding tert-OH is 2. The summed E-state index contributed by atoms with van der Waals surface area (Å²) in [6.45, 7) is 4.54. The van der Waals surface area contributed by atoms with E-state index in [0.29, 0.717) is 12.6 Å². The van der Waals surface area contributed by atoms with Crippen LogP contribution < -0.4 is 5.32 Å². The second-order valence-corrected chi connectivity index (χ2v) is 2.76. The van der Waals surface area contributed by atoms with Crippen LogP contribution in [0, 0.1) is 0 Å². The summed E-state index contributed by atoms with van der Waals surface area (Å²) < 4.78 is 0. The van der Waals surface area contributed by atoms with Gasteiger partial charge in [0.1, 0.15) is 0 Å². The predicted molar refractivity (Wildman–Crippen MR) is 45.5 cm³/mol. The summed E-state index contributed by atoms with van der Waals surface area (Å²) in [5, 5.41) is 20.6. The van der Waals surface area contributed by atoms with Gasteiger partial charge >= 0.3 is 0 Å². The van der Waals surface area contributed by atoms with Crippen LogP contribution in [0.5, 0.6) is 0 Å². The highest BCUT2D eigenvalue weighted by Crippen LogP contribution is 1.95. The molecule has 0 spiro atoms. The van der Waals surface area contributed by atoms with Gasteiger partial charge in [-0.25, -0.2) is 0 Å². The van der Waals surface area contributed by atoms with Crippen molar-refractivity contribution in [3.8, 4) is 0 Å². The Kier molecular flexibility index (Phi) is 6.51. The molecule has 11 heavy (non-hydrogen) atoms. The molecule has 3 N–H and O–H groups in total. The number of hydrogen-bond donors (Lipinski definition) is 3. The van der Waals surface area contributed by atoms with Crippen molar-refractivity contribution in [3.05, 3.63) is 0 Å². The number of hydrogen-bond acceptors (Lipinski definition) is 3. The molecule has 0 aliphatic heterocycles. The first-order valence-corrected chi connectivity index (χ1v) is 4.26. The normalized spacial score (nSPS) is 13.9. The molecule has 0 aliphatic carbocycles. The Morgan fingerprint density at radius 3 is 2.18 bits per heavy atom. The summed E-state index contributed by atoms with van der Waals surface area (Å²) >= 11 is 0. The Hall–Kier alpha value is -0.120. The molecule has 0 aliphatic rings. The maximum Gasteiger partial charge on any atom is 0.0895 e. The van der Waals surface area contributed by atoms with Crippen LogP contribution in [0.2, 0.25) is 0 Å². The molecule has 0 saturated heterocycles. The summed E-state index contributed by atoms with van der Waals surface area (Å²) in [6.07, 6.45) is 1.51. The Bertz CT molecular complexity index is 84.2. The molecule has 0 heterocycles. The maximum absolute atomic E-state index is 8.99. The Morgan fingerprint density at radius 2 is 1.82 bits per heavy atom. The third-order valence-corrected chi connectivity index (χ3v) is 1.84. The SMILES string of the molecule is CCC(CC)NCC(O)CO. The van der Waals surface area contributed by atoms with Crippen molar-refractivity contribution < 1.29 is 10.2 Å². The van der Waals surface area contributed by atoms with Crippen molar-refractivity contribution in [2.75, 3.05) is 13.2 Å². The molecule has 0 radical (unpaired) electrons. The molecule has 0 aromatic heterocycles. The molecule has 0 aromatic carbocycles. The van der Waals surface area contributed by atoms with Crippen molar-refractivity contribution >= 4 is 0 Å². The predicted octanol–water partition coefficient (Wildman–Crippen LogP) is 0.118. The zero-order chi connectivity index (χ0) is 8.69. The summed E-state index contributed by atoms with van der Waals surface area (Å²) in [5.41, 5.74) is 0. The van der Waals surface area contributed by atoms with Crippen LogP contribution in [-0.2, 0) is 0 Å². The first-order chi connectivity index (χ1) is 5.24. The zero-order valence-corrected chi connectivity index (χ0v) is 7.38. The number of rotatable bonds is 6. The molecular weight excluding hydrogens is 142 g/mol. The maximum atomic E-state index is 8.99. The number of aliphatic hydroxyl groups is 2. The summed E-state index contributed by atoms with van der Waals surface area (Å²) in [7, 11) is 0. The van der Waals surface area contributed by atoms with Crippen molar-refractivity contribution in [3.63, 3.8) is 0 Å². The molecule has 0 fully saturated rings. The van der Waals surface area contributed by atoms with Crippen LogP contribution >= 0.6 is 0 Å². The Morgan fingerprint density at radius 1 is 1.27 bits per heavy atom. The van der Waals surface area contributed by atoms with E-state index in [0.717, 1.165) is 12.8 Å². The average Bonchev–Trinajstić information content (AvgIpc) is 2.06. The van der Waals surface area contributed by atoms with Gasteiger partial charge in [-0.3, -0.25) is 0 Å². The minimum atomic E-state index is -0.615. The third-order valence-electron chi connectivity index (χ3n) is 1.84. The monoisotopic (exact) mass is 161 g/mol. The molecule has 1 atom stereocenters. The van der Waals surface area contributed by atoms with Gasteiger partial charge in [-0.2, -0.15) is 0 Å². The fourth-order valence-corrected chi connectivity index (χ4v) is 0.945. The fourth-order valence-electron chi connectivity index (χ4n) is 0.945. The van der Waals surface area contributed by atoms with E-state index in [9.17, 15) is 0 Å². The standard InChI is InChI=1S/C8H19NO2/c1-3-7(4-2)9-5-8(11)6-10/h7-11H,3-6H2,1-2H3. The van der Waals surface area contributed by atoms with Gasteiger partial charge < -0.3 is 15.5 Å². The minimum absolute atomic E-state index is 0.160. The number of nitrogens with one attached hydrogen (secondary N) is 1. The van der Waals surface area contributed by atoms with E-state index >= 15 is 0 Å². The molecule has 0 amide bonds. The van der Waals surface area contributed by atoms with Crippen molar-refractivity contribution in [2.45, 2.75) is 38.8 Å². The lowest BCUT2D eigenvalue weighted by atomic mass is 10.1. The first-order valence-electron chi connectivity index (χ1n) is 4.26. The van der Waals surface area contributed by atoms with E-state index in [1.165, 1.54) is 0 Å². The fraction of sp³-hybridized carbons (Fsp3) is 1.00. The van der Waals surface area contributed by atoms with E-state index in [4.69, 9.17) is 10.2 Å². The largest absolute Gasteiger partial charge is 0.394 e. The van der Waals surface area contributed by atoms with Gasteiger partial charge in [-0.05, 0) is 12.8 Å². The van der Waals surface area contributed by atoms with Gasteiger partial charge in [0, 0.05) is 12.6 Å². The molecule has 0 bridgehead atoms. The minimum Gasteiger partial charge on any atom is -0.394 e. The third kappa shape index (κ3) is 5.18. The van der Waals surface area contributed by atoms with Gasteiger partial charge in [0.05, 0.1) is 12.7 Å². The van der Waals surface area contributed by atoms with Crippen LogP contribution in [0.4, 0.5) is 0 Å². The lowest BCUT2D eigenvalue weighted by Gasteiger charge is -2.16. The molecular formula is C8H19NO2. The van der Waals surface area contributed by atoms with Gasteiger partial charge in [-0.15, -0.1) is 0 Å². The summed E-state index contributed by atoms with van der Waals surface area (Å²) in [6, 6.07) is 0.469. The lowest BCUT2D eigenvalue weighted by molar-refractivity contribution is 0.0916. The summed E-state index contributed by atoms with van der Waals surface area (Å²) in [4.78, 5) is 0. The second-order valence-electron chi connectivity index (χ2n) is 2.76. The van der Waals surface area contributed by atoms with E-state index in [-0.39, 0.29) is 6.61 Å². The second kappa shape index (κ2) is 6.58. The van der Waals surface area contributed by atoms with Crippen LogP contribution in [-0.4, -0.2) is 35.5 Å². The highest BCUT2D eigenvalue weighted by molar-refractivity contribution is 4.65. The quantitative estimate of drug-likeness (QED) is 0.518. The van der Waals surface area contributed by atoms with Crippen molar-refractivity contribution in [1.29, 1.82) is 0 Å². The van der Waals surface area contributed by atoms with Gasteiger partial charge in [0.2, 0.25) is 0 Å². The van der Waals surface area contributed by atoms with Crippen LogP contribution in [0.15, 0.2) is 0 Å². The molecule has 0 aromatic rings. The molecule has 0 saturated carbocycles. The highest BCUT2D eigenvalue weighted by atomic mass is 16.3. The van der Waals surface area contributed by atoms with Crippen LogP contribution in [0.1, 0.15) is 26.7 Å². The molecule has 1 unspecified atom stereocenters. The van der Waals surface area contributed by atoms with Gasteiger partial charge in [0.15, 0.2) is 0 Å². The Balaban J connectivity index is 3.34. The van der Waals surface area contributed by atoms with E-state index in [2.05, 4.69) is 19.2 Å². The Labute approximate surface area is 68.4 Å². The molecule has 3 nitrogen and oxygen atoms in total. The van der Waals surface area contributed by atoms with Crippen molar-refractivity contribution in [2.24, 2.45) is 0 Å². The lowest BCUT2D eigenvalue weighted by Crippen LogP contribution is -2.36. The highest BCUT2D eigenvalue weighted by Gasteiger charge is 2.05. The van der Waals surface area contributed by atoms with Gasteiger partial charge in [-0.1, -0.05) is 13.8 Å². The van der Waals surface area contributed by atoms with E-state index < -0.39 is 6.10 Å². The zero-order valence-electron chi connectivity index (χ0n) is 7.38. The van der Waals surface area contributed by atoms with Gasteiger partial charge in [0.25, 0.3) is 0 Å². The summed E-state index contributed by atoms with van der Waals surface area (Å²) in [5.74, 6) is 0. The topological polar surface area (TPSA) is 52.5 Å². The van der Waals surface area contributed by atoms with Crippen LogP contribution in [0.3, 0.4) is 0 Å². The van der Waals surface area contributed by atoms with E-state index in [1.807, 2.05) is 0 Å². The smallest absolute Gasteiger partial charge is 0.0895 e. The molecule has 0 rings (SSSR count). The first kappa shape index (κ1) is 10.9. The van der Waals surface area contributed by atoms with Crippen LogP contribution in [0.25, 0.3) is 0 Å².